The van der Waals surface area contributed by atoms with Crippen molar-refractivity contribution in [2.24, 2.45) is 0 Å². The number of rotatable bonds is 2. The Bertz CT molecular complexity index is 774. The second-order valence-electron chi connectivity index (χ2n) is 3.85. The molecule has 0 atom stereocenters. The molecule has 100 valence electrons. The van der Waals surface area contributed by atoms with E-state index in [0.717, 1.165) is 0 Å². The van der Waals surface area contributed by atoms with Gasteiger partial charge in [-0.15, -0.1) is 0 Å². The third-order valence-corrected chi connectivity index (χ3v) is 2.93. The SMILES string of the molecule is Nc1cccc(-c2nc(-c3ncc(Cl)cc3Cl)no2)n1. The summed E-state index contributed by atoms with van der Waals surface area (Å²) in [6.45, 7) is 0. The van der Waals surface area contributed by atoms with Gasteiger partial charge >= 0.3 is 0 Å². The molecule has 0 aromatic carbocycles. The fourth-order valence-corrected chi connectivity index (χ4v) is 2.04. The van der Waals surface area contributed by atoms with Crippen molar-refractivity contribution in [2.45, 2.75) is 0 Å². The lowest BCUT2D eigenvalue weighted by Crippen LogP contribution is -1.91. The van der Waals surface area contributed by atoms with Crippen LogP contribution in [0.3, 0.4) is 0 Å². The first-order valence-corrected chi connectivity index (χ1v) is 6.27. The quantitative estimate of drug-likeness (QED) is 0.782. The highest BCUT2D eigenvalue weighted by Crippen LogP contribution is 2.27. The average Bonchev–Trinajstić information content (AvgIpc) is 2.88. The van der Waals surface area contributed by atoms with Crippen molar-refractivity contribution in [1.82, 2.24) is 20.1 Å². The maximum Gasteiger partial charge on any atom is 0.276 e. The molecular weight excluding hydrogens is 301 g/mol. The van der Waals surface area contributed by atoms with Gasteiger partial charge in [-0.2, -0.15) is 4.98 Å². The van der Waals surface area contributed by atoms with Crippen molar-refractivity contribution in [3.8, 4) is 23.1 Å². The molecule has 0 aliphatic carbocycles. The summed E-state index contributed by atoms with van der Waals surface area (Å²) in [5.74, 6) is 0.857. The number of hydrogen-bond donors (Lipinski definition) is 1. The van der Waals surface area contributed by atoms with Crippen molar-refractivity contribution in [3.63, 3.8) is 0 Å². The van der Waals surface area contributed by atoms with E-state index < -0.39 is 0 Å². The third-order valence-electron chi connectivity index (χ3n) is 2.44. The fourth-order valence-electron chi connectivity index (χ4n) is 1.57. The normalized spacial score (nSPS) is 10.7. The Labute approximate surface area is 123 Å². The first kappa shape index (κ1) is 12.8. The highest BCUT2D eigenvalue weighted by molar-refractivity contribution is 6.35. The lowest BCUT2D eigenvalue weighted by Gasteiger charge is -1.97. The Hall–Kier alpha value is -2.18. The second kappa shape index (κ2) is 5.07. The van der Waals surface area contributed by atoms with E-state index in [0.29, 0.717) is 27.3 Å². The number of hydrogen-bond acceptors (Lipinski definition) is 6. The number of halogens is 2. The summed E-state index contributed by atoms with van der Waals surface area (Å²) in [6, 6.07) is 6.68. The van der Waals surface area contributed by atoms with Gasteiger partial charge in [0.15, 0.2) is 0 Å². The Morgan fingerprint density at radius 3 is 2.75 bits per heavy atom. The Morgan fingerprint density at radius 2 is 2.00 bits per heavy atom. The summed E-state index contributed by atoms with van der Waals surface area (Å²) in [5.41, 5.74) is 6.47. The summed E-state index contributed by atoms with van der Waals surface area (Å²) >= 11 is 11.8. The lowest BCUT2D eigenvalue weighted by atomic mass is 10.3. The fraction of sp³-hybridized carbons (Fsp3) is 0. The standard InChI is InChI=1S/C12H7Cl2N5O/c13-6-4-7(14)10(16-5-6)11-18-12(20-19-11)8-2-1-3-9(15)17-8/h1-5H,(H2,15,17). The molecule has 20 heavy (non-hydrogen) atoms. The Morgan fingerprint density at radius 1 is 1.15 bits per heavy atom. The summed E-state index contributed by atoms with van der Waals surface area (Å²) in [7, 11) is 0. The van der Waals surface area contributed by atoms with Gasteiger partial charge in [-0.25, -0.2) is 9.97 Å². The molecule has 0 saturated carbocycles. The topological polar surface area (TPSA) is 90.7 Å². The molecule has 0 unspecified atom stereocenters. The van der Waals surface area contributed by atoms with Crippen molar-refractivity contribution in [2.75, 3.05) is 5.73 Å². The molecule has 6 nitrogen and oxygen atoms in total. The van der Waals surface area contributed by atoms with Crippen molar-refractivity contribution in [3.05, 3.63) is 40.5 Å². The number of anilines is 1. The van der Waals surface area contributed by atoms with E-state index in [1.165, 1.54) is 6.20 Å². The van der Waals surface area contributed by atoms with E-state index in [1.807, 2.05) is 0 Å². The molecule has 0 saturated heterocycles. The van der Waals surface area contributed by atoms with E-state index in [1.54, 1.807) is 24.3 Å². The van der Waals surface area contributed by atoms with Crippen LogP contribution in [0.4, 0.5) is 5.82 Å². The summed E-state index contributed by atoms with van der Waals surface area (Å²) in [6.07, 6.45) is 1.46. The maximum atomic E-state index is 6.04. The number of nitrogen functional groups attached to an aromatic ring is 1. The van der Waals surface area contributed by atoms with Crippen LogP contribution in [0.5, 0.6) is 0 Å². The first-order valence-electron chi connectivity index (χ1n) is 5.51. The zero-order chi connectivity index (χ0) is 14.1. The zero-order valence-corrected chi connectivity index (χ0v) is 11.4. The number of pyridine rings is 2. The van der Waals surface area contributed by atoms with Crippen LogP contribution in [0, 0.1) is 0 Å². The van der Waals surface area contributed by atoms with Crippen LogP contribution < -0.4 is 5.73 Å². The number of nitrogens with zero attached hydrogens (tertiary/aromatic N) is 4. The molecule has 8 heteroatoms. The monoisotopic (exact) mass is 307 g/mol. The minimum absolute atomic E-state index is 0.236. The molecule has 3 aromatic heterocycles. The molecule has 0 amide bonds. The third kappa shape index (κ3) is 2.43. The molecule has 3 aromatic rings. The molecule has 2 N–H and O–H groups in total. The van der Waals surface area contributed by atoms with Gasteiger partial charge in [0.05, 0.1) is 10.0 Å². The van der Waals surface area contributed by atoms with E-state index in [4.69, 9.17) is 33.5 Å². The first-order chi connectivity index (χ1) is 9.63. The van der Waals surface area contributed by atoms with Crippen LogP contribution in [-0.2, 0) is 0 Å². The van der Waals surface area contributed by atoms with Gasteiger partial charge < -0.3 is 10.3 Å². The van der Waals surface area contributed by atoms with Crippen molar-refractivity contribution in [1.29, 1.82) is 0 Å². The molecule has 3 rings (SSSR count). The van der Waals surface area contributed by atoms with Gasteiger partial charge in [-0.05, 0) is 18.2 Å². The highest BCUT2D eigenvalue weighted by Gasteiger charge is 2.15. The van der Waals surface area contributed by atoms with Gasteiger partial charge in [-0.1, -0.05) is 34.4 Å². The molecule has 0 fully saturated rings. The van der Waals surface area contributed by atoms with Gasteiger partial charge in [0, 0.05) is 6.20 Å². The molecule has 0 spiro atoms. The average molecular weight is 308 g/mol. The second-order valence-corrected chi connectivity index (χ2v) is 4.70. The molecule has 3 heterocycles. The Kier molecular flexibility index (Phi) is 3.25. The van der Waals surface area contributed by atoms with E-state index in [-0.39, 0.29) is 11.7 Å². The van der Waals surface area contributed by atoms with Crippen LogP contribution >= 0.6 is 23.2 Å². The van der Waals surface area contributed by atoms with Crippen molar-refractivity contribution >= 4 is 29.0 Å². The molecule has 0 radical (unpaired) electrons. The Balaban J connectivity index is 2.02. The van der Waals surface area contributed by atoms with Gasteiger partial charge in [0.2, 0.25) is 5.82 Å². The molecule has 0 aliphatic rings. The van der Waals surface area contributed by atoms with Gasteiger partial charge in [0.25, 0.3) is 5.89 Å². The van der Waals surface area contributed by atoms with Crippen LogP contribution in [-0.4, -0.2) is 20.1 Å². The van der Waals surface area contributed by atoms with Gasteiger partial charge in [0.1, 0.15) is 17.2 Å². The van der Waals surface area contributed by atoms with Crippen LogP contribution in [0.15, 0.2) is 35.0 Å². The summed E-state index contributed by atoms with van der Waals surface area (Å²) in [4.78, 5) is 12.4. The van der Waals surface area contributed by atoms with E-state index in [2.05, 4.69) is 20.1 Å². The smallest absolute Gasteiger partial charge is 0.276 e. The summed E-state index contributed by atoms with van der Waals surface area (Å²) < 4.78 is 5.13. The maximum absolute atomic E-state index is 6.04. The highest BCUT2D eigenvalue weighted by atomic mass is 35.5. The van der Waals surface area contributed by atoms with E-state index in [9.17, 15) is 0 Å². The van der Waals surface area contributed by atoms with Crippen LogP contribution in [0.1, 0.15) is 0 Å². The summed E-state index contributed by atoms with van der Waals surface area (Å²) in [5, 5.41) is 4.59. The predicted octanol–water partition coefficient (Wildman–Crippen LogP) is 3.08. The van der Waals surface area contributed by atoms with Gasteiger partial charge in [-0.3, -0.25) is 0 Å². The molecular formula is C12H7Cl2N5O. The zero-order valence-electron chi connectivity index (χ0n) is 9.92. The number of nitrogens with two attached hydrogens (primary N) is 1. The van der Waals surface area contributed by atoms with Crippen LogP contribution in [0.2, 0.25) is 10.0 Å². The molecule has 0 aliphatic heterocycles. The molecule has 0 bridgehead atoms. The number of aromatic nitrogens is 4. The largest absolute Gasteiger partial charge is 0.384 e. The van der Waals surface area contributed by atoms with Crippen LogP contribution in [0.25, 0.3) is 23.1 Å². The lowest BCUT2D eigenvalue weighted by molar-refractivity contribution is 0.431. The predicted molar refractivity (Wildman–Crippen MR) is 75.2 cm³/mol. The van der Waals surface area contributed by atoms with E-state index >= 15 is 0 Å². The van der Waals surface area contributed by atoms with Crippen molar-refractivity contribution < 1.29 is 4.52 Å². The minimum Gasteiger partial charge on any atom is -0.384 e. The minimum atomic E-state index is 0.236.